The zero-order valence-corrected chi connectivity index (χ0v) is 7.97. The molecule has 0 bridgehead atoms. The molecule has 0 aromatic carbocycles. The van der Waals surface area contributed by atoms with Gasteiger partial charge in [0.05, 0.1) is 0 Å². The van der Waals surface area contributed by atoms with E-state index in [2.05, 4.69) is 20.8 Å². The van der Waals surface area contributed by atoms with Crippen molar-refractivity contribution in [2.24, 2.45) is 0 Å². The van der Waals surface area contributed by atoms with E-state index in [1.165, 1.54) is 6.07 Å². The topological polar surface area (TPSA) is 30.2 Å². The van der Waals surface area contributed by atoms with Crippen LogP contribution in [-0.4, -0.2) is 0 Å². The van der Waals surface area contributed by atoms with Crippen molar-refractivity contribution in [3.8, 4) is 0 Å². The van der Waals surface area contributed by atoms with Gasteiger partial charge in [0.15, 0.2) is 0 Å². The van der Waals surface area contributed by atoms with E-state index >= 15 is 0 Å². The van der Waals surface area contributed by atoms with Crippen LogP contribution in [0.3, 0.4) is 0 Å². The van der Waals surface area contributed by atoms with Gasteiger partial charge in [-0.25, -0.2) is 4.79 Å². The Labute approximate surface area is 72.2 Å². The third kappa shape index (κ3) is 1.76. The van der Waals surface area contributed by atoms with Crippen LogP contribution >= 0.6 is 0 Å². The Morgan fingerprint density at radius 3 is 2.25 bits per heavy atom. The first-order chi connectivity index (χ1) is 5.41. The lowest BCUT2D eigenvalue weighted by Gasteiger charge is -2.19. The van der Waals surface area contributed by atoms with Crippen LogP contribution in [0.2, 0.25) is 0 Å². The summed E-state index contributed by atoms with van der Waals surface area (Å²) >= 11 is 0. The number of hydrogen-bond acceptors (Lipinski definition) is 2. The van der Waals surface area contributed by atoms with Crippen molar-refractivity contribution < 1.29 is 4.42 Å². The van der Waals surface area contributed by atoms with E-state index in [0.29, 0.717) is 0 Å². The van der Waals surface area contributed by atoms with Crippen molar-refractivity contribution >= 4 is 0 Å². The summed E-state index contributed by atoms with van der Waals surface area (Å²) in [5.41, 5.74) is 0.851. The Balaban J connectivity index is 3.28. The van der Waals surface area contributed by atoms with Crippen LogP contribution in [0.1, 0.15) is 32.1 Å². The molecule has 2 heteroatoms. The molecule has 0 saturated carbocycles. The Bertz CT molecular complexity index is 328. The first kappa shape index (κ1) is 9.04. The van der Waals surface area contributed by atoms with Crippen LogP contribution in [0, 0.1) is 6.92 Å². The molecule has 0 aliphatic heterocycles. The van der Waals surface area contributed by atoms with Gasteiger partial charge in [0.25, 0.3) is 0 Å². The van der Waals surface area contributed by atoms with Crippen molar-refractivity contribution in [3.63, 3.8) is 0 Å². The molecule has 0 spiro atoms. The maximum absolute atomic E-state index is 10.8. The Hall–Kier alpha value is -1.05. The van der Waals surface area contributed by atoms with E-state index in [0.717, 1.165) is 11.3 Å². The summed E-state index contributed by atoms with van der Waals surface area (Å²) in [7, 11) is 0. The van der Waals surface area contributed by atoms with E-state index < -0.39 is 0 Å². The molecule has 0 aliphatic rings. The van der Waals surface area contributed by atoms with Gasteiger partial charge in [0, 0.05) is 6.07 Å². The fourth-order valence-corrected chi connectivity index (χ4v) is 1.29. The van der Waals surface area contributed by atoms with Gasteiger partial charge in [-0.2, -0.15) is 0 Å². The highest BCUT2D eigenvalue weighted by Gasteiger charge is 2.17. The summed E-state index contributed by atoms with van der Waals surface area (Å²) in [4.78, 5) is 10.8. The fraction of sp³-hybridized carbons (Fsp3) is 0.500. The van der Waals surface area contributed by atoms with Gasteiger partial charge >= 0.3 is 5.63 Å². The lowest BCUT2D eigenvalue weighted by molar-refractivity contribution is 0.448. The van der Waals surface area contributed by atoms with Gasteiger partial charge in [-0.3, -0.25) is 0 Å². The molecule has 0 amide bonds. The van der Waals surface area contributed by atoms with Crippen LogP contribution in [-0.2, 0) is 5.41 Å². The van der Waals surface area contributed by atoms with Crippen LogP contribution in [0.25, 0.3) is 0 Å². The lowest BCUT2D eigenvalue weighted by atomic mass is 9.87. The second-order valence-electron chi connectivity index (χ2n) is 3.97. The zero-order chi connectivity index (χ0) is 9.35. The molecule has 1 rings (SSSR count). The molecule has 2 nitrogen and oxygen atoms in total. The molecule has 12 heavy (non-hydrogen) atoms. The van der Waals surface area contributed by atoms with E-state index in [1.807, 2.05) is 13.0 Å². The highest BCUT2D eigenvalue weighted by Crippen LogP contribution is 2.23. The molecule has 1 heterocycles. The van der Waals surface area contributed by atoms with E-state index in [4.69, 9.17) is 4.42 Å². The van der Waals surface area contributed by atoms with Gasteiger partial charge in [-0.05, 0) is 24.0 Å². The van der Waals surface area contributed by atoms with E-state index in [-0.39, 0.29) is 11.0 Å². The average Bonchev–Trinajstić information content (AvgIpc) is 1.83. The molecule has 66 valence electrons. The van der Waals surface area contributed by atoms with Gasteiger partial charge in [-0.15, -0.1) is 0 Å². The number of hydrogen-bond donors (Lipinski definition) is 0. The fourth-order valence-electron chi connectivity index (χ4n) is 1.29. The van der Waals surface area contributed by atoms with E-state index in [1.54, 1.807) is 0 Å². The van der Waals surface area contributed by atoms with E-state index in [9.17, 15) is 4.79 Å². The van der Waals surface area contributed by atoms with Crippen LogP contribution < -0.4 is 5.63 Å². The van der Waals surface area contributed by atoms with Crippen molar-refractivity contribution in [3.05, 3.63) is 33.9 Å². The Morgan fingerprint density at radius 2 is 1.83 bits per heavy atom. The monoisotopic (exact) mass is 166 g/mol. The second kappa shape index (κ2) is 2.77. The quantitative estimate of drug-likeness (QED) is 0.591. The first-order valence-electron chi connectivity index (χ1n) is 4.02. The summed E-state index contributed by atoms with van der Waals surface area (Å²) < 4.78 is 4.98. The summed E-state index contributed by atoms with van der Waals surface area (Å²) in [5, 5.41) is 0. The molecule has 0 saturated heterocycles. The largest absolute Gasteiger partial charge is 0.428 e. The van der Waals surface area contributed by atoms with Crippen LogP contribution in [0.4, 0.5) is 0 Å². The molecule has 1 aromatic heterocycles. The molecule has 1 aromatic rings. The number of aryl methyl sites for hydroxylation is 1. The maximum atomic E-state index is 10.8. The minimum Gasteiger partial charge on any atom is -0.428 e. The zero-order valence-electron chi connectivity index (χ0n) is 7.97. The van der Waals surface area contributed by atoms with Gasteiger partial charge in [0.2, 0.25) is 0 Å². The molecule has 0 fully saturated rings. The predicted molar refractivity (Wildman–Crippen MR) is 48.4 cm³/mol. The molecule has 0 unspecified atom stereocenters. The molecule has 0 N–H and O–H groups in total. The highest BCUT2D eigenvalue weighted by atomic mass is 16.4. The van der Waals surface area contributed by atoms with Crippen LogP contribution in [0.5, 0.6) is 0 Å². The molecule has 0 aliphatic carbocycles. The van der Waals surface area contributed by atoms with Gasteiger partial charge in [-0.1, -0.05) is 20.8 Å². The second-order valence-corrected chi connectivity index (χ2v) is 3.97. The average molecular weight is 166 g/mol. The Morgan fingerprint density at radius 1 is 1.25 bits per heavy atom. The Kier molecular flexibility index (Phi) is 2.09. The predicted octanol–water partition coefficient (Wildman–Crippen LogP) is 2.25. The lowest BCUT2D eigenvalue weighted by Crippen LogP contribution is -2.14. The normalized spacial score (nSPS) is 11.7. The number of rotatable bonds is 0. The smallest absolute Gasteiger partial charge is 0.335 e. The molecular weight excluding hydrogens is 152 g/mol. The van der Waals surface area contributed by atoms with Crippen molar-refractivity contribution in [1.82, 2.24) is 0 Å². The molecular formula is C10H14O2. The summed E-state index contributed by atoms with van der Waals surface area (Å²) in [5.74, 6) is 0.718. The SMILES string of the molecule is Cc1oc(=O)ccc1C(C)(C)C. The molecule has 0 radical (unpaired) electrons. The summed E-state index contributed by atoms with van der Waals surface area (Å²) in [6.45, 7) is 8.10. The van der Waals surface area contributed by atoms with Gasteiger partial charge < -0.3 is 4.42 Å². The standard InChI is InChI=1S/C10H14O2/c1-7-8(10(2,3)4)5-6-9(11)12-7/h5-6H,1-4H3. The minimum absolute atomic E-state index is 0.0429. The summed E-state index contributed by atoms with van der Waals surface area (Å²) in [6, 6.07) is 3.30. The highest BCUT2D eigenvalue weighted by molar-refractivity contribution is 5.23. The van der Waals surface area contributed by atoms with Crippen molar-refractivity contribution in [1.29, 1.82) is 0 Å². The first-order valence-corrected chi connectivity index (χ1v) is 4.02. The van der Waals surface area contributed by atoms with Crippen molar-refractivity contribution in [2.45, 2.75) is 33.1 Å². The third-order valence-electron chi connectivity index (χ3n) is 1.83. The summed E-state index contributed by atoms with van der Waals surface area (Å²) in [6.07, 6.45) is 0. The van der Waals surface area contributed by atoms with Crippen molar-refractivity contribution in [2.75, 3.05) is 0 Å². The maximum Gasteiger partial charge on any atom is 0.335 e. The van der Waals surface area contributed by atoms with Gasteiger partial charge in [0.1, 0.15) is 5.76 Å². The molecule has 0 atom stereocenters. The van der Waals surface area contributed by atoms with Crippen LogP contribution in [0.15, 0.2) is 21.3 Å². The third-order valence-corrected chi connectivity index (χ3v) is 1.83. The minimum atomic E-state index is -0.277.